The lowest BCUT2D eigenvalue weighted by Crippen LogP contribution is -2.22. The molecule has 0 aliphatic carbocycles. The monoisotopic (exact) mass is 365 g/mol. The van der Waals surface area contributed by atoms with Crippen LogP contribution in [0, 0.1) is 5.82 Å². The Labute approximate surface area is 145 Å². The number of anilines is 1. The topological polar surface area (TPSA) is 77.8 Å². The van der Waals surface area contributed by atoms with E-state index in [0.29, 0.717) is 21.6 Å². The zero-order valence-corrected chi connectivity index (χ0v) is 14.1. The first-order chi connectivity index (χ1) is 11.4. The summed E-state index contributed by atoms with van der Waals surface area (Å²) in [4.78, 5) is 29.5. The van der Waals surface area contributed by atoms with E-state index in [-0.39, 0.29) is 16.6 Å². The van der Waals surface area contributed by atoms with Crippen molar-refractivity contribution in [3.05, 3.63) is 57.7 Å². The molecule has 0 bridgehead atoms. The van der Waals surface area contributed by atoms with E-state index < -0.39 is 11.1 Å². The quantitative estimate of drug-likeness (QED) is 0.616. The molecule has 24 heavy (non-hydrogen) atoms. The van der Waals surface area contributed by atoms with E-state index in [4.69, 9.17) is 11.6 Å². The third kappa shape index (κ3) is 3.63. The molecule has 0 fully saturated rings. The fourth-order valence-corrected chi connectivity index (χ4v) is 3.31. The number of hydrogen-bond donors (Lipinski definition) is 3. The molecule has 124 valence electrons. The molecule has 0 aliphatic rings. The molecule has 0 saturated heterocycles. The van der Waals surface area contributed by atoms with Crippen molar-refractivity contribution in [3.63, 3.8) is 0 Å². The summed E-state index contributed by atoms with van der Waals surface area (Å²) in [6.45, 7) is 1.74. The minimum absolute atomic E-state index is 0.0227. The van der Waals surface area contributed by atoms with Gasteiger partial charge in [-0.3, -0.25) is 4.79 Å². The van der Waals surface area contributed by atoms with Crippen molar-refractivity contribution < 1.29 is 9.18 Å². The number of carbonyl (C=O) groups is 1. The van der Waals surface area contributed by atoms with E-state index in [9.17, 15) is 14.0 Å². The summed E-state index contributed by atoms with van der Waals surface area (Å²) in [7, 11) is 0. The van der Waals surface area contributed by atoms with Crippen molar-refractivity contribution >= 4 is 46.0 Å². The largest absolute Gasteiger partial charge is 0.325 e. The zero-order valence-electron chi connectivity index (χ0n) is 12.5. The SMILES string of the molecule is C[C@H](Sc1ccc(F)c(Cl)c1)C(=O)Nc1ccc2[nH]c(=O)[nH]c2c1. The van der Waals surface area contributed by atoms with Crippen LogP contribution in [0.3, 0.4) is 0 Å². The van der Waals surface area contributed by atoms with Crippen LogP contribution >= 0.6 is 23.4 Å². The van der Waals surface area contributed by atoms with Crippen molar-refractivity contribution in [1.29, 1.82) is 0 Å². The smallest absolute Gasteiger partial charge is 0.323 e. The standard InChI is InChI=1S/C16H13ClFN3O2S/c1-8(24-10-3-4-12(18)11(17)7-10)15(22)19-9-2-5-13-14(6-9)21-16(23)20-13/h2-8H,1H3,(H,19,22)(H2,20,21,23)/t8-/m0/s1. The highest BCUT2D eigenvalue weighted by atomic mass is 35.5. The van der Waals surface area contributed by atoms with Gasteiger partial charge in [0.2, 0.25) is 5.91 Å². The molecule has 1 heterocycles. The lowest BCUT2D eigenvalue weighted by Gasteiger charge is -2.12. The highest BCUT2D eigenvalue weighted by Gasteiger charge is 2.15. The van der Waals surface area contributed by atoms with E-state index in [1.807, 2.05) is 0 Å². The van der Waals surface area contributed by atoms with Gasteiger partial charge in [0.25, 0.3) is 0 Å². The third-order valence-corrected chi connectivity index (χ3v) is 4.74. The Morgan fingerprint density at radius 2 is 1.96 bits per heavy atom. The average Bonchev–Trinajstić information content (AvgIpc) is 2.90. The van der Waals surface area contributed by atoms with E-state index in [2.05, 4.69) is 15.3 Å². The van der Waals surface area contributed by atoms with Gasteiger partial charge in [-0.2, -0.15) is 0 Å². The van der Waals surface area contributed by atoms with Crippen LogP contribution in [0.2, 0.25) is 5.02 Å². The van der Waals surface area contributed by atoms with Gasteiger partial charge in [-0.25, -0.2) is 9.18 Å². The Hall–Kier alpha value is -2.25. The third-order valence-electron chi connectivity index (χ3n) is 3.36. The van der Waals surface area contributed by atoms with Crippen molar-refractivity contribution in [3.8, 4) is 0 Å². The number of benzene rings is 2. The fraction of sp³-hybridized carbons (Fsp3) is 0.125. The number of halogens is 2. The van der Waals surface area contributed by atoms with Crippen LogP contribution in [0.15, 0.2) is 46.1 Å². The first-order valence-electron chi connectivity index (χ1n) is 7.07. The zero-order chi connectivity index (χ0) is 17.3. The maximum Gasteiger partial charge on any atom is 0.323 e. The number of H-pyrrole nitrogens is 2. The van der Waals surface area contributed by atoms with Gasteiger partial charge < -0.3 is 15.3 Å². The number of fused-ring (bicyclic) bond motifs is 1. The van der Waals surface area contributed by atoms with E-state index in [1.165, 1.54) is 23.9 Å². The molecular weight excluding hydrogens is 353 g/mol. The summed E-state index contributed by atoms with van der Waals surface area (Å²) in [6, 6.07) is 9.42. The summed E-state index contributed by atoms with van der Waals surface area (Å²) in [5.41, 5.74) is 1.56. The summed E-state index contributed by atoms with van der Waals surface area (Å²) >= 11 is 7.02. The lowest BCUT2D eigenvalue weighted by atomic mass is 10.2. The summed E-state index contributed by atoms with van der Waals surface area (Å²) in [6.07, 6.45) is 0. The summed E-state index contributed by atoms with van der Waals surface area (Å²) < 4.78 is 13.2. The van der Waals surface area contributed by atoms with Gasteiger partial charge in [-0.1, -0.05) is 11.6 Å². The second-order valence-electron chi connectivity index (χ2n) is 5.16. The number of aromatic amines is 2. The van der Waals surface area contributed by atoms with Crippen molar-refractivity contribution in [2.24, 2.45) is 0 Å². The van der Waals surface area contributed by atoms with Crippen molar-refractivity contribution in [2.75, 3.05) is 5.32 Å². The van der Waals surface area contributed by atoms with Gasteiger partial charge in [-0.15, -0.1) is 11.8 Å². The molecule has 0 saturated carbocycles. The van der Waals surface area contributed by atoms with Crippen LogP contribution < -0.4 is 11.0 Å². The summed E-state index contributed by atoms with van der Waals surface area (Å²) in [5, 5.41) is 2.40. The Bertz CT molecular complexity index is 969. The van der Waals surface area contributed by atoms with Gasteiger partial charge in [-0.05, 0) is 43.3 Å². The van der Waals surface area contributed by atoms with E-state index >= 15 is 0 Å². The number of rotatable bonds is 4. The lowest BCUT2D eigenvalue weighted by molar-refractivity contribution is -0.115. The Kier molecular flexibility index (Phi) is 4.64. The maximum atomic E-state index is 13.2. The number of thioether (sulfide) groups is 1. The number of hydrogen-bond acceptors (Lipinski definition) is 3. The van der Waals surface area contributed by atoms with Crippen LogP contribution in [0.1, 0.15) is 6.92 Å². The normalized spacial score (nSPS) is 12.3. The molecule has 5 nitrogen and oxygen atoms in total. The van der Waals surface area contributed by atoms with Gasteiger partial charge in [0.15, 0.2) is 0 Å². The molecule has 8 heteroatoms. The first kappa shape index (κ1) is 16.6. The Morgan fingerprint density at radius 3 is 2.71 bits per heavy atom. The Balaban J connectivity index is 1.70. The number of amides is 1. The van der Waals surface area contributed by atoms with Gasteiger partial charge in [0.1, 0.15) is 5.82 Å². The second kappa shape index (κ2) is 6.70. The fourth-order valence-electron chi connectivity index (χ4n) is 2.16. The minimum atomic E-state index is -0.494. The molecule has 0 radical (unpaired) electrons. The van der Waals surface area contributed by atoms with Gasteiger partial charge >= 0.3 is 5.69 Å². The van der Waals surface area contributed by atoms with Gasteiger partial charge in [0.05, 0.1) is 21.3 Å². The maximum absolute atomic E-state index is 13.2. The molecular formula is C16H13ClFN3O2S. The predicted octanol–water partition coefficient (Wildman–Crippen LogP) is 3.77. The number of aromatic nitrogens is 2. The molecule has 2 aromatic carbocycles. The first-order valence-corrected chi connectivity index (χ1v) is 8.33. The number of nitrogens with one attached hydrogen (secondary N) is 3. The predicted molar refractivity (Wildman–Crippen MR) is 94.3 cm³/mol. The molecule has 1 atom stereocenters. The van der Waals surface area contributed by atoms with Crippen LogP contribution in [0.5, 0.6) is 0 Å². The second-order valence-corrected chi connectivity index (χ2v) is 6.99. The van der Waals surface area contributed by atoms with Crippen LogP contribution in [0.4, 0.5) is 10.1 Å². The minimum Gasteiger partial charge on any atom is -0.325 e. The number of imidazole rings is 1. The van der Waals surface area contributed by atoms with E-state index in [1.54, 1.807) is 31.2 Å². The molecule has 3 aromatic rings. The molecule has 0 aliphatic heterocycles. The number of carbonyl (C=O) groups excluding carboxylic acids is 1. The van der Waals surface area contributed by atoms with Crippen molar-refractivity contribution in [2.45, 2.75) is 17.1 Å². The molecule has 0 unspecified atom stereocenters. The van der Waals surface area contributed by atoms with Gasteiger partial charge in [0, 0.05) is 10.6 Å². The molecule has 3 rings (SSSR count). The highest BCUT2D eigenvalue weighted by molar-refractivity contribution is 8.00. The Morgan fingerprint density at radius 1 is 1.21 bits per heavy atom. The van der Waals surface area contributed by atoms with E-state index in [0.717, 1.165) is 0 Å². The van der Waals surface area contributed by atoms with Crippen LogP contribution in [-0.2, 0) is 4.79 Å². The molecule has 1 aromatic heterocycles. The van der Waals surface area contributed by atoms with Crippen molar-refractivity contribution in [1.82, 2.24) is 9.97 Å². The highest BCUT2D eigenvalue weighted by Crippen LogP contribution is 2.28. The molecule has 0 spiro atoms. The molecule has 1 amide bonds. The van der Waals surface area contributed by atoms with Crippen LogP contribution in [0.25, 0.3) is 11.0 Å². The molecule has 3 N–H and O–H groups in total. The van der Waals surface area contributed by atoms with Crippen LogP contribution in [-0.4, -0.2) is 21.1 Å². The summed E-state index contributed by atoms with van der Waals surface area (Å²) in [5.74, 6) is -0.704. The average molecular weight is 366 g/mol.